The molecule has 1 unspecified atom stereocenters. The standard InChI is InChI=1S/C29H25F3N4OS/c1-19-18-22(20-10-4-2-5-11-20)16-17-24(19)35-36-27(37)26(21-12-6-3-7-13-21)34-28(38)33-25-15-9-8-14-23(25)29(30,31)32/h2-18,26,35H,1H3,(H,36,37)(H2,33,34,38). The van der Waals surface area contributed by atoms with Crippen LogP contribution < -0.4 is 21.5 Å². The molecule has 38 heavy (non-hydrogen) atoms. The number of carbonyl (C=O) groups is 1. The largest absolute Gasteiger partial charge is 0.418 e. The van der Waals surface area contributed by atoms with Crippen LogP contribution in [0.3, 0.4) is 0 Å². The third-order valence-electron chi connectivity index (χ3n) is 5.81. The zero-order valence-corrected chi connectivity index (χ0v) is 21.2. The molecule has 1 atom stereocenters. The van der Waals surface area contributed by atoms with Crippen LogP contribution in [-0.2, 0) is 11.0 Å². The van der Waals surface area contributed by atoms with E-state index in [1.807, 2.05) is 55.5 Å². The van der Waals surface area contributed by atoms with Crippen LogP contribution in [0.25, 0.3) is 11.1 Å². The van der Waals surface area contributed by atoms with Gasteiger partial charge in [-0.05, 0) is 65.7 Å². The summed E-state index contributed by atoms with van der Waals surface area (Å²) in [5.41, 5.74) is 8.86. The average Bonchev–Trinajstić information content (AvgIpc) is 2.91. The molecule has 4 aromatic rings. The summed E-state index contributed by atoms with van der Waals surface area (Å²) in [6, 6.07) is 28.5. The van der Waals surface area contributed by atoms with Gasteiger partial charge in [0.15, 0.2) is 5.11 Å². The molecule has 0 aliphatic carbocycles. The second-order valence-corrected chi connectivity index (χ2v) is 8.90. The molecule has 0 fully saturated rings. The fourth-order valence-corrected chi connectivity index (χ4v) is 4.12. The smallest absolute Gasteiger partial charge is 0.347 e. The molecule has 194 valence electrons. The van der Waals surface area contributed by atoms with E-state index in [0.29, 0.717) is 11.3 Å². The SMILES string of the molecule is Cc1cc(-c2ccccc2)ccc1NNC(=O)C(NC(=S)Nc1ccccc1C(F)(F)F)c1ccccc1. The first-order valence-electron chi connectivity index (χ1n) is 11.7. The number of thiocarbonyl (C=S) groups is 1. The number of nitrogens with one attached hydrogen (secondary N) is 4. The Kier molecular flexibility index (Phi) is 8.28. The van der Waals surface area contributed by atoms with Crippen molar-refractivity contribution in [2.75, 3.05) is 10.7 Å². The van der Waals surface area contributed by atoms with Gasteiger partial charge < -0.3 is 10.6 Å². The number of alkyl halides is 3. The predicted molar refractivity (Wildman–Crippen MR) is 148 cm³/mol. The van der Waals surface area contributed by atoms with Crippen molar-refractivity contribution in [2.24, 2.45) is 0 Å². The topological polar surface area (TPSA) is 65.2 Å². The Hall–Kier alpha value is -4.37. The number of para-hydroxylation sites is 1. The second kappa shape index (κ2) is 11.8. The highest BCUT2D eigenvalue weighted by molar-refractivity contribution is 7.80. The van der Waals surface area contributed by atoms with Crippen molar-refractivity contribution >= 4 is 34.6 Å². The fraction of sp³-hybridized carbons (Fsp3) is 0.103. The van der Waals surface area contributed by atoms with Crippen LogP contribution in [0.15, 0.2) is 103 Å². The summed E-state index contributed by atoms with van der Waals surface area (Å²) in [5.74, 6) is -0.476. The zero-order valence-electron chi connectivity index (χ0n) is 20.3. The number of hydrogen-bond acceptors (Lipinski definition) is 3. The summed E-state index contributed by atoms with van der Waals surface area (Å²) < 4.78 is 40.2. The van der Waals surface area contributed by atoms with Gasteiger partial charge in [0.25, 0.3) is 5.91 Å². The Morgan fingerprint density at radius 1 is 0.789 bits per heavy atom. The Bertz CT molecular complexity index is 1410. The Morgan fingerprint density at radius 3 is 2.08 bits per heavy atom. The lowest BCUT2D eigenvalue weighted by Crippen LogP contribution is -2.44. The molecule has 0 bridgehead atoms. The van der Waals surface area contributed by atoms with Crippen LogP contribution in [0.4, 0.5) is 24.5 Å². The van der Waals surface area contributed by atoms with E-state index in [0.717, 1.165) is 22.8 Å². The van der Waals surface area contributed by atoms with E-state index in [9.17, 15) is 18.0 Å². The number of amides is 1. The minimum Gasteiger partial charge on any atom is -0.347 e. The predicted octanol–water partition coefficient (Wildman–Crippen LogP) is 6.85. The van der Waals surface area contributed by atoms with Gasteiger partial charge in [0.05, 0.1) is 16.9 Å². The molecule has 0 aliphatic rings. The lowest BCUT2D eigenvalue weighted by molar-refractivity contribution is -0.137. The van der Waals surface area contributed by atoms with E-state index in [1.54, 1.807) is 30.3 Å². The van der Waals surface area contributed by atoms with Crippen molar-refractivity contribution in [3.8, 4) is 11.1 Å². The maximum atomic E-state index is 13.4. The molecular formula is C29H25F3N4OS. The van der Waals surface area contributed by atoms with Gasteiger partial charge in [0.1, 0.15) is 6.04 Å². The van der Waals surface area contributed by atoms with E-state index in [1.165, 1.54) is 18.2 Å². The van der Waals surface area contributed by atoms with E-state index >= 15 is 0 Å². The van der Waals surface area contributed by atoms with Crippen LogP contribution in [-0.4, -0.2) is 11.0 Å². The van der Waals surface area contributed by atoms with E-state index in [-0.39, 0.29) is 10.8 Å². The van der Waals surface area contributed by atoms with Gasteiger partial charge >= 0.3 is 6.18 Å². The summed E-state index contributed by atoms with van der Waals surface area (Å²) in [5, 5.41) is 5.29. The van der Waals surface area contributed by atoms with Crippen LogP contribution in [0.5, 0.6) is 0 Å². The van der Waals surface area contributed by atoms with Crippen molar-refractivity contribution in [1.82, 2.24) is 10.7 Å². The van der Waals surface area contributed by atoms with Crippen molar-refractivity contribution in [1.29, 1.82) is 0 Å². The minimum absolute atomic E-state index is 0.130. The van der Waals surface area contributed by atoms with Gasteiger partial charge in [0, 0.05) is 0 Å². The molecule has 9 heteroatoms. The number of aryl methyl sites for hydroxylation is 1. The van der Waals surface area contributed by atoms with Crippen molar-refractivity contribution in [2.45, 2.75) is 19.1 Å². The molecule has 0 aromatic heterocycles. The first kappa shape index (κ1) is 26.7. The average molecular weight is 535 g/mol. The van der Waals surface area contributed by atoms with Crippen LogP contribution in [0.2, 0.25) is 0 Å². The lowest BCUT2D eigenvalue weighted by atomic mass is 10.0. The maximum absolute atomic E-state index is 13.4. The molecule has 0 aliphatic heterocycles. The van der Waals surface area contributed by atoms with Gasteiger partial charge in [-0.2, -0.15) is 13.2 Å². The first-order chi connectivity index (χ1) is 18.2. The van der Waals surface area contributed by atoms with Crippen LogP contribution >= 0.6 is 12.2 Å². The molecule has 0 saturated carbocycles. The quantitative estimate of drug-likeness (QED) is 0.154. The van der Waals surface area contributed by atoms with E-state index in [4.69, 9.17) is 12.2 Å². The van der Waals surface area contributed by atoms with Gasteiger partial charge in [-0.15, -0.1) is 0 Å². The fourth-order valence-electron chi connectivity index (χ4n) is 3.89. The highest BCUT2D eigenvalue weighted by atomic mass is 32.1. The molecule has 0 spiro atoms. The molecule has 0 heterocycles. The van der Waals surface area contributed by atoms with E-state index < -0.39 is 23.7 Å². The normalized spacial score (nSPS) is 11.8. The summed E-state index contributed by atoms with van der Waals surface area (Å²) in [6.45, 7) is 1.92. The molecule has 1 amide bonds. The summed E-state index contributed by atoms with van der Waals surface area (Å²) >= 11 is 5.28. The molecule has 0 saturated heterocycles. The number of carbonyl (C=O) groups excluding carboxylic acids is 1. The molecule has 4 rings (SSSR count). The third-order valence-corrected chi connectivity index (χ3v) is 6.03. The van der Waals surface area contributed by atoms with Gasteiger partial charge in [0.2, 0.25) is 0 Å². The number of hydrazine groups is 1. The lowest BCUT2D eigenvalue weighted by Gasteiger charge is -2.22. The van der Waals surface area contributed by atoms with Crippen molar-refractivity contribution in [3.63, 3.8) is 0 Å². The van der Waals surface area contributed by atoms with Gasteiger partial charge in [-0.3, -0.25) is 15.6 Å². The second-order valence-electron chi connectivity index (χ2n) is 8.50. The summed E-state index contributed by atoms with van der Waals surface area (Å²) in [7, 11) is 0. The Morgan fingerprint density at radius 2 is 1.42 bits per heavy atom. The van der Waals surface area contributed by atoms with Crippen LogP contribution in [0, 0.1) is 6.92 Å². The van der Waals surface area contributed by atoms with Crippen molar-refractivity contribution < 1.29 is 18.0 Å². The number of halogens is 3. The van der Waals surface area contributed by atoms with E-state index in [2.05, 4.69) is 21.5 Å². The molecule has 5 nitrogen and oxygen atoms in total. The number of benzene rings is 4. The third kappa shape index (κ3) is 6.68. The monoisotopic (exact) mass is 534 g/mol. The Balaban J connectivity index is 1.48. The van der Waals surface area contributed by atoms with Gasteiger partial charge in [-0.1, -0.05) is 78.9 Å². The van der Waals surface area contributed by atoms with Crippen LogP contribution in [0.1, 0.15) is 22.7 Å². The number of rotatable bonds is 7. The van der Waals surface area contributed by atoms with Crippen molar-refractivity contribution in [3.05, 3.63) is 120 Å². The highest BCUT2D eigenvalue weighted by Gasteiger charge is 2.33. The molecule has 4 aromatic carbocycles. The molecule has 0 radical (unpaired) electrons. The molecule has 4 N–H and O–H groups in total. The minimum atomic E-state index is -4.56. The molecular weight excluding hydrogens is 509 g/mol. The highest BCUT2D eigenvalue weighted by Crippen LogP contribution is 2.34. The Labute approximate surface area is 224 Å². The number of anilines is 2. The first-order valence-corrected chi connectivity index (χ1v) is 12.1. The summed E-state index contributed by atoms with van der Waals surface area (Å²) in [6.07, 6.45) is -4.56. The summed E-state index contributed by atoms with van der Waals surface area (Å²) in [4.78, 5) is 13.2. The maximum Gasteiger partial charge on any atom is 0.418 e. The van der Waals surface area contributed by atoms with Gasteiger partial charge in [-0.25, -0.2) is 0 Å². The number of hydrogen-bond donors (Lipinski definition) is 4. The zero-order chi connectivity index (χ0) is 27.1.